The number of aromatic carboxylic acids is 1. The van der Waals surface area contributed by atoms with Gasteiger partial charge in [0.2, 0.25) is 0 Å². The van der Waals surface area contributed by atoms with Crippen LogP contribution in [0.15, 0.2) is 72.8 Å². The highest BCUT2D eigenvalue weighted by Gasteiger charge is 2.36. The second-order valence-corrected chi connectivity index (χ2v) is 10.2. The number of anilines is 1. The number of nitrogens with zero attached hydrogens (tertiary/aromatic N) is 6. The maximum Gasteiger partial charge on any atom is 0.417 e. The van der Waals surface area contributed by atoms with Crippen molar-refractivity contribution in [2.45, 2.75) is 12.6 Å². The highest BCUT2D eigenvalue weighted by molar-refractivity contribution is 6.29. The number of hydrogen-bond donors (Lipinski definition) is 2. The molecule has 1 saturated heterocycles. The van der Waals surface area contributed by atoms with E-state index in [1.54, 1.807) is 18.2 Å². The molecule has 0 saturated carbocycles. The van der Waals surface area contributed by atoms with Crippen LogP contribution >= 0.6 is 11.6 Å². The van der Waals surface area contributed by atoms with E-state index in [2.05, 4.69) is 25.7 Å². The summed E-state index contributed by atoms with van der Waals surface area (Å²) in [5.41, 5.74) is -0.402. The largest absolute Gasteiger partial charge is 0.476 e. The number of aromatic nitrogens is 4. The predicted molar refractivity (Wildman–Crippen MR) is 158 cm³/mol. The molecule has 0 radical (unpaired) electrons. The Morgan fingerprint density at radius 3 is 2.07 bits per heavy atom. The lowest BCUT2D eigenvalue weighted by atomic mass is 10.1. The number of nitrogens with one attached hydrogen (secondary N) is 1. The van der Waals surface area contributed by atoms with Crippen LogP contribution in [0.2, 0.25) is 5.15 Å². The molecule has 46 heavy (non-hydrogen) atoms. The summed E-state index contributed by atoms with van der Waals surface area (Å²) in [7, 11) is 0. The average Bonchev–Trinajstić information content (AvgIpc) is 3.05. The van der Waals surface area contributed by atoms with Gasteiger partial charge in [0.1, 0.15) is 5.82 Å². The van der Waals surface area contributed by atoms with Gasteiger partial charge in [-0.1, -0.05) is 35.9 Å². The summed E-state index contributed by atoms with van der Waals surface area (Å²) < 4.78 is 52.8. The quantitative estimate of drug-likeness (QED) is 0.276. The van der Waals surface area contributed by atoms with E-state index in [0.717, 1.165) is 11.6 Å². The molecule has 2 N–H and O–H groups in total. The summed E-state index contributed by atoms with van der Waals surface area (Å²) in [5, 5.41) is 26.0. The van der Waals surface area contributed by atoms with Crippen LogP contribution in [0.5, 0.6) is 0 Å². The molecule has 3 heterocycles. The second kappa shape index (κ2) is 15.2. The average molecular weight is 660 g/mol. The van der Waals surface area contributed by atoms with Gasteiger partial charge in [-0.25, -0.2) is 9.18 Å². The lowest BCUT2D eigenvalue weighted by Crippen LogP contribution is -2.49. The van der Waals surface area contributed by atoms with Crippen LogP contribution in [0.3, 0.4) is 0 Å². The van der Waals surface area contributed by atoms with Crippen LogP contribution in [-0.4, -0.2) is 80.9 Å². The normalized spacial score (nSPS) is 13.0. The van der Waals surface area contributed by atoms with Gasteiger partial charge < -0.3 is 20.2 Å². The van der Waals surface area contributed by atoms with Crippen molar-refractivity contribution in [1.29, 1.82) is 0 Å². The monoisotopic (exact) mass is 659 g/mol. The third-order valence-electron chi connectivity index (χ3n) is 6.70. The summed E-state index contributed by atoms with van der Waals surface area (Å²) in [5.74, 6) is -1.99. The van der Waals surface area contributed by atoms with E-state index in [0.29, 0.717) is 31.9 Å². The van der Waals surface area contributed by atoms with E-state index in [9.17, 15) is 31.9 Å². The molecule has 2 aromatic heterocycles. The summed E-state index contributed by atoms with van der Waals surface area (Å²) in [6.07, 6.45) is -4.08. The smallest absolute Gasteiger partial charge is 0.417 e. The molecule has 1 fully saturated rings. The first-order valence-corrected chi connectivity index (χ1v) is 14.1. The fourth-order valence-electron chi connectivity index (χ4n) is 4.33. The highest BCUT2D eigenvalue weighted by Crippen LogP contribution is 2.32. The summed E-state index contributed by atoms with van der Waals surface area (Å²) >= 11 is 5.35. The number of alkyl halides is 3. The van der Waals surface area contributed by atoms with Gasteiger partial charge in [-0.2, -0.15) is 13.2 Å². The van der Waals surface area contributed by atoms with Crippen LogP contribution in [0.1, 0.15) is 42.5 Å². The molecule has 1 aliphatic rings. The standard InChI is InChI=1S/C25H23F4N5O2.C5H3ClN2O2/c26-18-7-5-17(6-8-18)11-12-30-23(35)21-9-10-22(32-31-21)33-13-15-34(16-14-33)24(36)19-3-1-2-4-20(19)25(27,28)29;6-4-2-1-3(5(9)10)7-8-4/h1-10H,11-16H2,(H,30,35);1-2H,(H,9,10). The Morgan fingerprint density at radius 1 is 0.826 bits per heavy atom. The minimum atomic E-state index is -4.61. The van der Waals surface area contributed by atoms with Crippen molar-refractivity contribution in [3.63, 3.8) is 0 Å². The third-order valence-corrected chi connectivity index (χ3v) is 6.90. The Hall–Kier alpha value is -5.18. The van der Waals surface area contributed by atoms with Gasteiger partial charge in [-0.05, 0) is 60.5 Å². The van der Waals surface area contributed by atoms with Crippen molar-refractivity contribution >= 4 is 35.2 Å². The number of carbonyl (C=O) groups is 3. The molecule has 0 spiro atoms. The lowest BCUT2D eigenvalue weighted by Gasteiger charge is -2.35. The molecule has 0 atom stereocenters. The zero-order valence-electron chi connectivity index (χ0n) is 23.9. The molecule has 0 aliphatic carbocycles. The fourth-order valence-corrected chi connectivity index (χ4v) is 4.43. The predicted octanol–water partition coefficient (Wildman–Crippen LogP) is 4.40. The van der Waals surface area contributed by atoms with Crippen LogP contribution in [0.25, 0.3) is 0 Å². The number of benzene rings is 2. The van der Waals surface area contributed by atoms with E-state index in [4.69, 9.17) is 16.7 Å². The minimum Gasteiger partial charge on any atom is -0.476 e. The Bertz CT molecular complexity index is 1650. The Morgan fingerprint density at radius 2 is 1.48 bits per heavy atom. The Kier molecular flexibility index (Phi) is 11.1. The zero-order valence-corrected chi connectivity index (χ0v) is 24.7. The van der Waals surface area contributed by atoms with E-state index in [1.165, 1.54) is 53.4 Å². The summed E-state index contributed by atoms with van der Waals surface area (Å²) in [6, 6.07) is 16.6. The summed E-state index contributed by atoms with van der Waals surface area (Å²) in [6.45, 7) is 1.51. The first-order chi connectivity index (χ1) is 21.9. The molecule has 0 unspecified atom stereocenters. The van der Waals surface area contributed by atoms with E-state index in [-0.39, 0.29) is 41.0 Å². The number of carboxylic acids is 1. The molecule has 16 heteroatoms. The molecule has 1 aliphatic heterocycles. The van der Waals surface area contributed by atoms with Crippen LogP contribution in [0, 0.1) is 5.82 Å². The van der Waals surface area contributed by atoms with Gasteiger partial charge in [0.25, 0.3) is 11.8 Å². The zero-order chi connectivity index (χ0) is 33.3. The first-order valence-electron chi connectivity index (χ1n) is 13.7. The van der Waals surface area contributed by atoms with Crippen molar-refractivity contribution in [2.75, 3.05) is 37.6 Å². The molecule has 4 aromatic rings. The van der Waals surface area contributed by atoms with Crippen molar-refractivity contribution < 1.29 is 37.1 Å². The number of halogens is 5. The number of amides is 2. The molecule has 2 amide bonds. The van der Waals surface area contributed by atoms with E-state index < -0.39 is 29.5 Å². The maximum absolute atomic E-state index is 13.3. The molecule has 5 rings (SSSR count). The highest BCUT2D eigenvalue weighted by atomic mass is 35.5. The molecule has 240 valence electrons. The van der Waals surface area contributed by atoms with Gasteiger partial charge in [0, 0.05) is 32.7 Å². The Labute approximate surface area is 264 Å². The first kappa shape index (κ1) is 33.7. The fraction of sp³-hybridized carbons (Fsp3) is 0.233. The number of carbonyl (C=O) groups excluding carboxylic acids is 2. The van der Waals surface area contributed by atoms with Crippen LogP contribution < -0.4 is 10.2 Å². The lowest BCUT2D eigenvalue weighted by molar-refractivity contribution is -0.138. The van der Waals surface area contributed by atoms with Crippen molar-refractivity contribution in [1.82, 2.24) is 30.6 Å². The number of piperazine rings is 1. The minimum absolute atomic E-state index is 0.107. The molecular formula is C30H26ClF4N7O4. The Balaban J connectivity index is 0.000000409. The number of hydrogen-bond acceptors (Lipinski definition) is 8. The number of carboxylic acid groups (broad SMARTS) is 1. The SMILES string of the molecule is O=C(NCCc1ccc(F)cc1)c1ccc(N2CCN(C(=O)c3ccccc3C(F)(F)F)CC2)nn1.O=C(O)c1ccc(Cl)nn1. The molecule has 11 nitrogen and oxygen atoms in total. The van der Waals surface area contributed by atoms with Gasteiger partial charge >= 0.3 is 12.1 Å². The van der Waals surface area contributed by atoms with E-state index >= 15 is 0 Å². The van der Waals surface area contributed by atoms with Gasteiger partial charge in [-0.3, -0.25) is 9.59 Å². The second-order valence-electron chi connectivity index (χ2n) is 9.78. The topological polar surface area (TPSA) is 142 Å². The van der Waals surface area contributed by atoms with Gasteiger partial charge in [0.05, 0.1) is 11.1 Å². The van der Waals surface area contributed by atoms with Crippen LogP contribution in [0.4, 0.5) is 23.4 Å². The maximum atomic E-state index is 13.3. The van der Waals surface area contributed by atoms with Gasteiger partial charge in [0.15, 0.2) is 22.4 Å². The van der Waals surface area contributed by atoms with Crippen LogP contribution in [-0.2, 0) is 12.6 Å². The summed E-state index contributed by atoms with van der Waals surface area (Å²) in [4.78, 5) is 38.5. The number of rotatable bonds is 7. The van der Waals surface area contributed by atoms with Gasteiger partial charge in [-0.15, -0.1) is 20.4 Å². The van der Waals surface area contributed by atoms with Crippen molar-refractivity contribution in [2.24, 2.45) is 0 Å². The van der Waals surface area contributed by atoms with E-state index in [1.807, 2.05) is 4.90 Å². The molecule has 0 bridgehead atoms. The third kappa shape index (κ3) is 9.17. The van der Waals surface area contributed by atoms with Crippen molar-refractivity contribution in [3.05, 3.63) is 112 Å². The molecular weight excluding hydrogens is 634 g/mol. The van der Waals surface area contributed by atoms with Crippen molar-refractivity contribution in [3.8, 4) is 0 Å². The molecule has 2 aromatic carbocycles.